The molecule has 25 heavy (non-hydrogen) atoms. The van der Waals surface area contributed by atoms with Crippen molar-refractivity contribution >= 4 is 11.9 Å². The van der Waals surface area contributed by atoms with E-state index in [9.17, 15) is 4.79 Å². The highest BCUT2D eigenvalue weighted by Crippen LogP contribution is 2.32. The standard InChI is InChI=1S/C18H28N4O3/c1-5-19-17(21-11-16(23)22-18(2,3)4)20-9-8-13-6-7-14-15(10-13)25-12-24-14/h6-7,10H,5,8-9,11-12H2,1-4H3,(H,22,23)(H2,19,20,21). The lowest BCUT2D eigenvalue weighted by molar-refractivity contribution is -0.121. The molecule has 2 rings (SSSR count). The van der Waals surface area contributed by atoms with Gasteiger partial charge in [-0.25, -0.2) is 4.99 Å². The first-order valence-corrected chi connectivity index (χ1v) is 8.59. The number of nitrogens with zero attached hydrogens (tertiary/aromatic N) is 1. The highest BCUT2D eigenvalue weighted by Gasteiger charge is 2.14. The van der Waals surface area contributed by atoms with Crippen LogP contribution in [-0.2, 0) is 11.2 Å². The summed E-state index contributed by atoms with van der Waals surface area (Å²) in [6.07, 6.45) is 0.815. The van der Waals surface area contributed by atoms with Crippen molar-refractivity contribution in [1.82, 2.24) is 16.0 Å². The topological polar surface area (TPSA) is 84.0 Å². The molecule has 0 spiro atoms. The molecule has 0 aliphatic carbocycles. The number of hydrogen-bond acceptors (Lipinski definition) is 4. The number of aliphatic imine (C=N–C) groups is 1. The summed E-state index contributed by atoms with van der Waals surface area (Å²) >= 11 is 0. The van der Waals surface area contributed by atoms with Crippen molar-refractivity contribution in [1.29, 1.82) is 0 Å². The predicted octanol–water partition coefficient (Wildman–Crippen LogP) is 1.43. The van der Waals surface area contributed by atoms with Gasteiger partial charge >= 0.3 is 0 Å². The third-order valence-electron chi connectivity index (χ3n) is 3.38. The first-order chi connectivity index (χ1) is 11.9. The van der Waals surface area contributed by atoms with Crippen molar-refractivity contribution in [3.05, 3.63) is 23.8 Å². The quantitative estimate of drug-likeness (QED) is 0.535. The van der Waals surface area contributed by atoms with Gasteiger partial charge in [-0.1, -0.05) is 6.07 Å². The van der Waals surface area contributed by atoms with Gasteiger partial charge in [0, 0.05) is 18.6 Å². The minimum Gasteiger partial charge on any atom is -0.454 e. The Kier molecular flexibility index (Phi) is 6.50. The highest BCUT2D eigenvalue weighted by atomic mass is 16.7. The lowest BCUT2D eigenvalue weighted by Gasteiger charge is -2.20. The van der Waals surface area contributed by atoms with Crippen molar-refractivity contribution in [2.24, 2.45) is 4.99 Å². The zero-order chi connectivity index (χ0) is 18.3. The molecule has 0 saturated heterocycles. The molecule has 3 N–H and O–H groups in total. The van der Waals surface area contributed by atoms with Gasteiger partial charge in [-0.15, -0.1) is 0 Å². The molecule has 0 fully saturated rings. The average molecular weight is 348 g/mol. The molecule has 0 radical (unpaired) electrons. The summed E-state index contributed by atoms with van der Waals surface area (Å²) in [6.45, 7) is 9.64. The molecule has 1 aliphatic rings. The number of amides is 1. The normalized spacial score (nSPS) is 13.5. The van der Waals surface area contributed by atoms with Crippen LogP contribution in [0.4, 0.5) is 0 Å². The molecule has 1 aliphatic heterocycles. The van der Waals surface area contributed by atoms with Gasteiger partial charge in [0.25, 0.3) is 0 Å². The van der Waals surface area contributed by atoms with Gasteiger partial charge in [0.05, 0.1) is 0 Å². The van der Waals surface area contributed by atoms with Crippen molar-refractivity contribution in [3.8, 4) is 11.5 Å². The third-order valence-corrected chi connectivity index (χ3v) is 3.38. The summed E-state index contributed by atoms with van der Waals surface area (Å²) in [5, 5.41) is 9.28. The maximum Gasteiger partial charge on any atom is 0.242 e. The molecule has 0 atom stereocenters. The van der Waals surface area contributed by atoms with Gasteiger partial charge in [-0.2, -0.15) is 0 Å². The summed E-state index contributed by atoms with van der Waals surface area (Å²) in [5.41, 5.74) is 0.899. The molecule has 0 saturated carbocycles. The molecule has 0 aromatic heterocycles. The number of fused-ring (bicyclic) bond motifs is 1. The SMILES string of the molecule is CCNC(=NCC(=O)NC(C)(C)C)NCCc1ccc2c(c1)OCO2. The summed E-state index contributed by atoms with van der Waals surface area (Å²) < 4.78 is 10.7. The van der Waals surface area contributed by atoms with E-state index in [2.05, 4.69) is 20.9 Å². The fourth-order valence-electron chi connectivity index (χ4n) is 2.37. The van der Waals surface area contributed by atoms with E-state index < -0.39 is 0 Å². The van der Waals surface area contributed by atoms with Crippen LogP contribution in [0.2, 0.25) is 0 Å². The van der Waals surface area contributed by atoms with E-state index in [-0.39, 0.29) is 24.8 Å². The van der Waals surface area contributed by atoms with Crippen LogP contribution in [0.5, 0.6) is 11.5 Å². The van der Waals surface area contributed by atoms with E-state index in [1.54, 1.807) is 0 Å². The second-order valence-electron chi connectivity index (χ2n) is 6.86. The maximum absolute atomic E-state index is 11.9. The summed E-state index contributed by atoms with van der Waals surface area (Å²) in [6, 6.07) is 5.94. The molecular formula is C18H28N4O3. The number of carbonyl (C=O) groups is 1. The number of rotatable bonds is 6. The Morgan fingerprint density at radius 1 is 1.20 bits per heavy atom. The Labute approximate surface area is 149 Å². The van der Waals surface area contributed by atoms with Crippen LogP contribution >= 0.6 is 0 Å². The molecule has 1 amide bonds. The molecule has 138 valence electrons. The van der Waals surface area contributed by atoms with Crippen molar-refractivity contribution in [2.45, 2.75) is 39.7 Å². The third kappa shape index (κ3) is 6.52. The van der Waals surface area contributed by atoms with Crippen LogP contribution in [0.15, 0.2) is 23.2 Å². The average Bonchev–Trinajstić information content (AvgIpc) is 2.98. The largest absolute Gasteiger partial charge is 0.454 e. The zero-order valence-corrected chi connectivity index (χ0v) is 15.4. The Bertz CT molecular complexity index is 623. The van der Waals surface area contributed by atoms with Gasteiger partial charge < -0.3 is 25.4 Å². The van der Waals surface area contributed by atoms with Gasteiger partial charge in [0.2, 0.25) is 12.7 Å². The number of hydrogen-bond donors (Lipinski definition) is 3. The molecule has 0 bridgehead atoms. The lowest BCUT2D eigenvalue weighted by atomic mass is 10.1. The fourth-order valence-corrected chi connectivity index (χ4v) is 2.37. The van der Waals surface area contributed by atoms with E-state index in [1.807, 2.05) is 45.9 Å². The second-order valence-corrected chi connectivity index (χ2v) is 6.86. The van der Waals surface area contributed by atoms with Crippen LogP contribution < -0.4 is 25.4 Å². The van der Waals surface area contributed by atoms with Crippen molar-refractivity contribution in [3.63, 3.8) is 0 Å². The van der Waals surface area contributed by atoms with Crippen LogP contribution in [0, 0.1) is 0 Å². The first kappa shape index (κ1) is 18.9. The lowest BCUT2D eigenvalue weighted by Crippen LogP contribution is -2.43. The predicted molar refractivity (Wildman–Crippen MR) is 98.1 cm³/mol. The van der Waals surface area contributed by atoms with Crippen LogP contribution in [0.3, 0.4) is 0 Å². The molecule has 1 aromatic carbocycles. The summed E-state index contributed by atoms with van der Waals surface area (Å²) in [5.74, 6) is 2.11. The number of ether oxygens (including phenoxy) is 2. The Morgan fingerprint density at radius 2 is 1.96 bits per heavy atom. The monoisotopic (exact) mass is 348 g/mol. The van der Waals surface area contributed by atoms with Gasteiger partial charge in [0.15, 0.2) is 17.5 Å². The molecule has 1 aromatic rings. The van der Waals surface area contributed by atoms with Gasteiger partial charge in [0.1, 0.15) is 6.54 Å². The van der Waals surface area contributed by atoms with E-state index in [1.165, 1.54) is 0 Å². The van der Waals surface area contributed by atoms with E-state index in [0.717, 1.165) is 30.0 Å². The number of benzene rings is 1. The molecule has 7 heteroatoms. The molecular weight excluding hydrogens is 320 g/mol. The molecule has 7 nitrogen and oxygen atoms in total. The van der Waals surface area contributed by atoms with E-state index >= 15 is 0 Å². The van der Waals surface area contributed by atoms with E-state index in [0.29, 0.717) is 12.5 Å². The summed E-state index contributed by atoms with van der Waals surface area (Å²) in [7, 11) is 0. The van der Waals surface area contributed by atoms with Crippen molar-refractivity contribution in [2.75, 3.05) is 26.4 Å². The number of carbonyl (C=O) groups excluding carboxylic acids is 1. The molecule has 0 unspecified atom stereocenters. The zero-order valence-electron chi connectivity index (χ0n) is 15.4. The Morgan fingerprint density at radius 3 is 2.68 bits per heavy atom. The minimum absolute atomic E-state index is 0.0939. The maximum atomic E-state index is 11.9. The number of guanidine groups is 1. The fraction of sp³-hybridized carbons (Fsp3) is 0.556. The van der Waals surface area contributed by atoms with Crippen molar-refractivity contribution < 1.29 is 14.3 Å². The van der Waals surface area contributed by atoms with Crippen LogP contribution in [-0.4, -0.2) is 43.8 Å². The van der Waals surface area contributed by atoms with E-state index in [4.69, 9.17) is 9.47 Å². The highest BCUT2D eigenvalue weighted by molar-refractivity contribution is 5.85. The van der Waals surface area contributed by atoms with Crippen LogP contribution in [0.1, 0.15) is 33.3 Å². The molecule has 1 heterocycles. The summed E-state index contributed by atoms with van der Waals surface area (Å²) in [4.78, 5) is 16.2. The smallest absolute Gasteiger partial charge is 0.242 e. The second kappa shape index (κ2) is 8.60. The van der Waals surface area contributed by atoms with Gasteiger partial charge in [-0.3, -0.25) is 4.79 Å². The first-order valence-electron chi connectivity index (χ1n) is 8.59. The number of nitrogens with one attached hydrogen (secondary N) is 3. The Hall–Kier alpha value is -2.44. The minimum atomic E-state index is -0.252. The Balaban J connectivity index is 1.82. The van der Waals surface area contributed by atoms with Gasteiger partial charge in [-0.05, 0) is 51.8 Å². The van der Waals surface area contributed by atoms with Crippen LogP contribution in [0.25, 0.3) is 0 Å².